The number of nitrogens with zero attached hydrogens (tertiary/aromatic N) is 2. The van der Waals surface area contributed by atoms with Crippen molar-refractivity contribution in [3.05, 3.63) is 62.9 Å². The normalized spacial score (nSPS) is 18.7. The molecule has 2 aliphatic rings. The second kappa shape index (κ2) is 10.4. The Hall–Kier alpha value is -2.95. The first-order valence-corrected chi connectivity index (χ1v) is 13.9. The van der Waals surface area contributed by atoms with Crippen LogP contribution in [0, 0.1) is 5.92 Å². The zero-order valence-corrected chi connectivity index (χ0v) is 21.9. The fourth-order valence-electron chi connectivity index (χ4n) is 5.16. The number of hydrogen-bond donors (Lipinski definition) is 2. The van der Waals surface area contributed by atoms with Crippen molar-refractivity contribution < 1.29 is 23.5 Å². The fourth-order valence-corrected chi connectivity index (χ4v) is 6.73. The van der Waals surface area contributed by atoms with Crippen LogP contribution in [0.5, 0.6) is 0 Å². The van der Waals surface area contributed by atoms with E-state index in [9.17, 15) is 23.5 Å². The number of halogens is 2. The van der Waals surface area contributed by atoms with E-state index in [1.54, 1.807) is 23.0 Å². The minimum absolute atomic E-state index is 0.0638. The number of carboxylic acid groups (broad SMARTS) is 1. The lowest BCUT2D eigenvalue weighted by molar-refractivity contribution is -0.0424. The number of carbonyl (C=O) groups is 2. The van der Waals surface area contributed by atoms with E-state index in [0.717, 1.165) is 34.6 Å². The minimum Gasteiger partial charge on any atom is -0.477 e. The topological polar surface area (TPSA) is 82.5 Å². The van der Waals surface area contributed by atoms with E-state index in [4.69, 9.17) is 0 Å². The van der Waals surface area contributed by atoms with Gasteiger partial charge in [0.05, 0.1) is 5.51 Å². The van der Waals surface area contributed by atoms with E-state index in [0.29, 0.717) is 36.3 Å². The van der Waals surface area contributed by atoms with Crippen molar-refractivity contribution in [2.24, 2.45) is 5.92 Å². The summed E-state index contributed by atoms with van der Waals surface area (Å²) in [4.78, 5) is 31.8. The zero-order valence-electron chi connectivity index (χ0n) is 20.3. The number of aromatic nitrogens is 1. The number of amides is 1. The first kappa shape index (κ1) is 25.7. The van der Waals surface area contributed by atoms with Gasteiger partial charge in [0.2, 0.25) is 5.92 Å². The minimum atomic E-state index is -2.60. The van der Waals surface area contributed by atoms with Crippen molar-refractivity contribution in [2.75, 3.05) is 25.5 Å². The number of benzene rings is 1. The van der Waals surface area contributed by atoms with Crippen LogP contribution in [-0.2, 0) is 0 Å². The molecule has 194 valence electrons. The standard InChI is InChI=1S/C27H27F2N3O3S2/c1-32-11-8-19(16-6-9-27(28,29)10-7-16)21(13-32)20-12-23(37-24(20)26(34)35)17-2-4-18(5-3-17)31-25(33)22-14-36-15-30-22/h2-5,12,14-16H,6-11,13H2,1H3,(H,31,33)(H,34,35). The van der Waals surface area contributed by atoms with Crippen LogP contribution in [0.2, 0.25) is 0 Å². The van der Waals surface area contributed by atoms with Crippen LogP contribution in [0.1, 0.15) is 57.8 Å². The molecule has 3 aromatic rings. The monoisotopic (exact) mass is 543 g/mol. The predicted molar refractivity (Wildman–Crippen MR) is 143 cm³/mol. The molecule has 2 aromatic heterocycles. The molecular weight excluding hydrogens is 516 g/mol. The molecule has 37 heavy (non-hydrogen) atoms. The highest BCUT2D eigenvalue weighted by molar-refractivity contribution is 7.17. The predicted octanol–water partition coefficient (Wildman–Crippen LogP) is 6.74. The summed E-state index contributed by atoms with van der Waals surface area (Å²) < 4.78 is 27.7. The van der Waals surface area contributed by atoms with Gasteiger partial charge < -0.3 is 15.3 Å². The van der Waals surface area contributed by atoms with Gasteiger partial charge in [-0.15, -0.1) is 22.7 Å². The maximum atomic E-state index is 13.8. The molecule has 1 aromatic carbocycles. The number of aromatic carboxylic acids is 1. The summed E-state index contributed by atoms with van der Waals surface area (Å²) in [6, 6.07) is 9.18. The summed E-state index contributed by atoms with van der Waals surface area (Å²) in [5.41, 5.74) is 6.20. The molecule has 1 aliphatic carbocycles. The lowest BCUT2D eigenvalue weighted by Gasteiger charge is -2.36. The molecule has 0 spiro atoms. The third-order valence-electron chi connectivity index (χ3n) is 7.13. The summed E-state index contributed by atoms with van der Waals surface area (Å²) in [6.07, 6.45) is 1.40. The largest absolute Gasteiger partial charge is 0.477 e. The van der Waals surface area contributed by atoms with E-state index < -0.39 is 11.9 Å². The number of thiazole rings is 1. The second-order valence-corrected chi connectivity index (χ2v) is 11.5. The smallest absolute Gasteiger partial charge is 0.346 e. The van der Waals surface area contributed by atoms with Gasteiger partial charge in [-0.3, -0.25) is 4.79 Å². The lowest BCUT2D eigenvalue weighted by Crippen LogP contribution is -2.32. The van der Waals surface area contributed by atoms with Crippen LogP contribution in [-0.4, -0.2) is 52.9 Å². The van der Waals surface area contributed by atoms with Crippen molar-refractivity contribution in [1.82, 2.24) is 9.88 Å². The average Bonchev–Trinajstić information content (AvgIpc) is 3.56. The summed E-state index contributed by atoms with van der Waals surface area (Å²) in [5.74, 6) is -3.82. The van der Waals surface area contributed by atoms with Crippen molar-refractivity contribution in [3.8, 4) is 10.4 Å². The fraction of sp³-hybridized carbons (Fsp3) is 0.370. The molecule has 10 heteroatoms. The van der Waals surface area contributed by atoms with E-state index in [2.05, 4.69) is 15.2 Å². The summed E-state index contributed by atoms with van der Waals surface area (Å²) in [7, 11) is 2.00. The SMILES string of the molecule is CN1CCC(C2CCC(F)(F)CC2)=C(c2cc(-c3ccc(NC(=O)c4cscn4)cc3)sc2C(=O)O)C1. The zero-order chi connectivity index (χ0) is 26.2. The molecule has 1 fully saturated rings. The summed E-state index contributed by atoms with van der Waals surface area (Å²) >= 11 is 2.56. The van der Waals surface area contributed by atoms with Crippen molar-refractivity contribution in [2.45, 2.75) is 38.0 Å². The molecule has 6 nitrogen and oxygen atoms in total. The maximum absolute atomic E-state index is 13.8. The molecule has 5 rings (SSSR count). The molecule has 0 atom stereocenters. The quantitative estimate of drug-likeness (QED) is 0.360. The van der Waals surface area contributed by atoms with E-state index in [1.165, 1.54) is 22.7 Å². The van der Waals surface area contributed by atoms with Gasteiger partial charge in [-0.05, 0) is 61.6 Å². The number of carbonyl (C=O) groups excluding carboxylic acids is 1. The van der Waals surface area contributed by atoms with Crippen molar-refractivity contribution in [3.63, 3.8) is 0 Å². The maximum Gasteiger partial charge on any atom is 0.346 e. The summed E-state index contributed by atoms with van der Waals surface area (Å²) in [6.45, 7) is 1.43. The molecule has 1 amide bonds. The molecule has 1 saturated carbocycles. The van der Waals surface area contributed by atoms with E-state index >= 15 is 0 Å². The summed E-state index contributed by atoms with van der Waals surface area (Å²) in [5, 5.41) is 14.5. The molecule has 2 N–H and O–H groups in total. The van der Waals surface area contributed by atoms with Gasteiger partial charge in [-0.1, -0.05) is 17.7 Å². The number of thiophene rings is 1. The van der Waals surface area contributed by atoms with Crippen molar-refractivity contribution in [1.29, 1.82) is 0 Å². The Balaban J connectivity index is 1.45. The molecule has 0 saturated heterocycles. The Morgan fingerprint density at radius 1 is 1.19 bits per heavy atom. The Labute approximate surface area is 221 Å². The number of rotatable bonds is 6. The van der Waals surface area contributed by atoms with Gasteiger partial charge in [0.15, 0.2) is 0 Å². The number of nitrogens with one attached hydrogen (secondary N) is 1. The van der Waals surface area contributed by atoms with Gasteiger partial charge in [-0.2, -0.15) is 0 Å². The van der Waals surface area contributed by atoms with Crippen LogP contribution in [0.25, 0.3) is 16.0 Å². The molecule has 0 bridgehead atoms. The third-order valence-corrected chi connectivity index (χ3v) is 8.89. The van der Waals surface area contributed by atoms with Gasteiger partial charge in [0.25, 0.3) is 5.91 Å². The van der Waals surface area contributed by atoms with Gasteiger partial charge in [0.1, 0.15) is 10.6 Å². The van der Waals surface area contributed by atoms with E-state index in [1.807, 2.05) is 25.2 Å². The Morgan fingerprint density at radius 3 is 2.57 bits per heavy atom. The van der Waals surface area contributed by atoms with Crippen LogP contribution < -0.4 is 5.32 Å². The number of alkyl halides is 2. The number of carboxylic acids is 1. The van der Waals surface area contributed by atoms with Crippen molar-refractivity contribution >= 4 is 45.8 Å². The molecule has 0 unspecified atom stereocenters. The first-order valence-electron chi connectivity index (χ1n) is 12.2. The van der Waals surface area contributed by atoms with Crippen LogP contribution in [0.4, 0.5) is 14.5 Å². The number of anilines is 1. The Bertz CT molecular complexity index is 1320. The molecule has 3 heterocycles. The first-order chi connectivity index (χ1) is 17.7. The Kier molecular flexibility index (Phi) is 7.24. The third kappa shape index (κ3) is 5.66. The van der Waals surface area contributed by atoms with Crippen LogP contribution in [0.3, 0.4) is 0 Å². The molecule has 1 aliphatic heterocycles. The highest BCUT2D eigenvalue weighted by atomic mass is 32.1. The highest BCUT2D eigenvalue weighted by Crippen LogP contribution is 2.45. The van der Waals surface area contributed by atoms with Gasteiger partial charge >= 0.3 is 5.97 Å². The van der Waals surface area contributed by atoms with Crippen LogP contribution >= 0.6 is 22.7 Å². The second-order valence-electron chi connectivity index (χ2n) is 9.69. The Morgan fingerprint density at radius 2 is 1.92 bits per heavy atom. The van der Waals surface area contributed by atoms with E-state index in [-0.39, 0.29) is 29.5 Å². The highest BCUT2D eigenvalue weighted by Gasteiger charge is 2.38. The average molecular weight is 544 g/mol. The molecule has 0 radical (unpaired) electrons. The number of hydrogen-bond acceptors (Lipinski definition) is 6. The number of likely N-dealkylation sites (N-methyl/N-ethyl adjacent to an activating group) is 1. The van der Waals surface area contributed by atoms with Crippen LogP contribution in [0.15, 0.2) is 46.8 Å². The van der Waals surface area contributed by atoms with Gasteiger partial charge in [-0.25, -0.2) is 18.6 Å². The molecular formula is C27H27F2N3O3S2. The lowest BCUT2D eigenvalue weighted by atomic mass is 9.77. The van der Waals surface area contributed by atoms with Gasteiger partial charge in [0, 0.05) is 47.4 Å².